The molecule has 0 fully saturated rings. The minimum atomic E-state index is -0.135. The molecule has 124 valence electrons. The predicted molar refractivity (Wildman–Crippen MR) is 92.5 cm³/mol. The number of hydrogen-bond acceptors (Lipinski definition) is 3. The topological polar surface area (TPSA) is 76.1 Å². The fourth-order valence-corrected chi connectivity index (χ4v) is 2.61. The Balaban J connectivity index is 1.55. The number of para-hydroxylation sites is 2. The quantitative estimate of drug-likeness (QED) is 0.682. The minimum Gasteiger partial charge on any atom is -0.497 e. The summed E-state index contributed by atoms with van der Waals surface area (Å²) in [6, 6.07) is 14.5. The summed E-state index contributed by atoms with van der Waals surface area (Å²) in [5.74, 6) is 0.578. The van der Waals surface area contributed by atoms with Crippen LogP contribution in [0.25, 0.3) is 11.0 Å². The molecule has 0 atom stereocenters. The number of benzene rings is 2. The molecule has 0 spiro atoms. The molecule has 1 amide bonds. The van der Waals surface area contributed by atoms with Gasteiger partial charge in [-0.1, -0.05) is 12.1 Å². The third kappa shape index (κ3) is 3.32. The van der Waals surface area contributed by atoms with Crippen LogP contribution in [0.2, 0.25) is 0 Å². The molecule has 6 nitrogen and oxygen atoms in total. The fourth-order valence-electron chi connectivity index (χ4n) is 2.61. The smallest absolute Gasteiger partial charge is 0.326 e. The van der Waals surface area contributed by atoms with Gasteiger partial charge < -0.3 is 15.0 Å². The number of carbonyl (C=O) groups excluding carboxylic acids is 1. The van der Waals surface area contributed by atoms with E-state index in [1.807, 2.05) is 24.3 Å². The van der Waals surface area contributed by atoms with Gasteiger partial charge in [0, 0.05) is 18.7 Å². The normalized spacial score (nSPS) is 10.7. The van der Waals surface area contributed by atoms with Gasteiger partial charge in [0.25, 0.3) is 5.91 Å². The number of aryl methyl sites for hydroxylation is 1. The molecule has 1 heterocycles. The molecule has 3 rings (SSSR count). The number of aromatic nitrogens is 2. The second kappa shape index (κ2) is 7.04. The van der Waals surface area contributed by atoms with Crippen LogP contribution in [-0.2, 0) is 6.54 Å². The van der Waals surface area contributed by atoms with E-state index < -0.39 is 0 Å². The molecule has 1 aromatic heterocycles. The monoisotopic (exact) mass is 325 g/mol. The Labute approximate surface area is 139 Å². The molecule has 3 aromatic rings. The van der Waals surface area contributed by atoms with Crippen molar-refractivity contribution in [3.8, 4) is 5.75 Å². The number of fused-ring (bicyclic) bond motifs is 1. The Hall–Kier alpha value is -3.02. The van der Waals surface area contributed by atoms with E-state index in [9.17, 15) is 9.59 Å². The number of carbonyl (C=O) groups is 1. The lowest BCUT2D eigenvalue weighted by Crippen LogP contribution is -2.26. The summed E-state index contributed by atoms with van der Waals surface area (Å²) < 4.78 is 6.76. The number of imidazole rings is 1. The van der Waals surface area contributed by atoms with Crippen LogP contribution in [0.15, 0.2) is 53.3 Å². The highest BCUT2D eigenvalue weighted by molar-refractivity contribution is 5.94. The third-order valence-electron chi connectivity index (χ3n) is 3.88. The summed E-state index contributed by atoms with van der Waals surface area (Å²) in [6.07, 6.45) is 0.670. The third-order valence-corrected chi connectivity index (χ3v) is 3.88. The number of H-pyrrole nitrogens is 1. The number of nitrogens with one attached hydrogen (secondary N) is 2. The van der Waals surface area contributed by atoms with Crippen LogP contribution in [0.5, 0.6) is 5.75 Å². The molecule has 24 heavy (non-hydrogen) atoms. The van der Waals surface area contributed by atoms with Gasteiger partial charge in [0.2, 0.25) is 0 Å². The Morgan fingerprint density at radius 3 is 2.67 bits per heavy atom. The molecule has 2 N–H and O–H groups in total. The Morgan fingerprint density at radius 1 is 1.17 bits per heavy atom. The van der Waals surface area contributed by atoms with Crippen molar-refractivity contribution < 1.29 is 9.53 Å². The van der Waals surface area contributed by atoms with Gasteiger partial charge in [0.05, 0.1) is 18.1 Å². The summed E-state index contributed by atoms with van der Waals surface area (Å²) in [5, 5.41) is 2.86. The molecule has 0 unspecified atom stereocenters. The lowest BCUT2D eigenvalue weighted by molar-refractivity contribution is 0.0952. The lowest BCUT2D eigenvalue weighted by atomic mass is 10.2. The van der Waals surface area contributed by atoms with E-state index in [0.29, 0.717) is 30.8 Å². The second-order valence-corrected chi connectivity index (χ2v) is 5.44. The molecular formula is C18H19N3O3. The average Bonchev–Trinajstić information content (AvgIpc) is 2.94. The molecule has 0 saturated heterocycles. The Bertz CT molecular complexity index is 894. The van der Waals surface area contributed by atoms with Crippen molar-refractivity contribution in [3.05, 3.63) is 64.6 Å². The van der Waals surface area contributed by atoms with Crippen molar-refractivity contribution in [1.29, 1.82) is 0 Å². The van der Waals surface area contributed by atoms with Crippen molar-refractivity contribution in [2.75, 3.05) is 13.7 Å². The van der Waals surface area contributed by atoms with Gasteiger partial charge in [0.1, 0.15) is 5.75 Å². The zero-order chi connectivity index (χ0) is 16.9. The van der Waals surface area contributed by atoms with Gasteiger partial charge in [-0.2, -0.15) is 0 Å². The SMILES string of the molecule is COc1ccc(C(=O)NCCCn2c(=O)[nH]c3ccccc32)cc1. The largest absolute Gasteiger partial charge is 0.497 e. The van der Waals surface area contributed by atoms with Gasteiger partial charge >= 0.3 is 5.69 Å². The number of methoxy groups -OCH3 is 1. The van der Waals surface area contributed by atoms with Crippen molar-refractivity contribution in [2.45, 2.75) is 13.0 Å². The van der Waals surface area contributed by atoms with E-state index in [1.54, 1.807) is 35.9 Å². The Morgan fingerprint density at radius 2 is 1.92 bits per heavy atom. The van der Waals surface area contributed by atoms with E-state index in [4.69, 9.17) is 4.74 Å². The lowest BCUT2D eigenvalue weighted by Gasteiger charge is -2.07. The maximum absolute atomic E-state index is 12.1. The van der Waals surface area contributed by atoms with Crippen LogP contribution in [0.3, 0.4) is 0 Å². The number of aromatic amines is 1. The average molecular weight is 325 g/mol. The van der Waals surface area contributed by atoms with E-state index >= 15 is 0 Å². The highest BCUT2D eigenvalue weighted by Crippen LogP contribution is 2.11. The number of rotatable bonds is 6. The van der Waals surface area contributed by atoms with E-state index in [-0.39, 0.29) is 11.6 Å². The van der Waals surface area contributed by atoms with Crippen LogP contribution in [-0.4, -0.2) is 29.1 Å². The molecule has 0 saturated carbocycles. The molecule has 6 heteroatoms. The van der Waals surface area contributed by atoms with E-state index in [2.05, 4.69) is 10.3 Å². The standard InChI is InChI=1S/C18H19N3O3/c1-24-14-9-7-13(8-10-14)17(22)19-11-4-12-21-16-6-3-2-5-15(16)20-18(21)23/h2-3,5-10H,4,11-12H2,1H3,(H,19,22)(H,20,23). The molecular weight excluding hydrogens is 306 g/mol. The van der Waals surface area contributed by atoms with Gasteiger partial charge in [-0.3, -0.25) is 9.36 Å². The molecule has 0 aliphatic carbocycles. The van der Waals surface area contributed by atoms with Crippen molar-refractivity contribution in [3.63, 3.8) is 0 Å². The van der Waals surface area contributed by atoms with Crippen molar-refractivity contribution in [1.82, 2.24) is 14.9 Å². The number of nitrogens with zero attached hydrogens (tertiary/aromatic N) is 1. The summed E-state index contributed by atoms with van der Waals surface area (Å²) >= 11 is 0. The molecule has 0 aliphatic rings. The maximum atomic E-state index is 12.1. The van der Waals surface area contributed by atoms with Crippen LogP contribution in [0.1, 0.15) is 16.8 Å². The number of ether oxygens (including phenoxy) is 1. The number of amides is 1. The summed E-state index contributed by atoms with van der Waals surface area (Å²) in [4.78, 5) is 26.8. The van der Waals surface area contributed by atoms with Gasteiger partial charge in [-0.05, 0) is 42.8 Å². The van der Waals surface area contributed by atoms with Gasteiger partial charge in [-0.15, -0.1) is 0 Å². The maximum Gasteiger partial charge on any atom is 0.326 e. The predicted octanol–water partition coefficient (Wildman–Crippen LogP) is 2.16. The first-order chi connectivity index (χ1) is 11.7. The Kier molecular flexibility index (Phi) is 4.65. The summed E-state index contributed by atoms with van der Waals surface area (Å²) in [5.41, 5.74) is 2.16. The summed E-state index contributed by atoms with van der Waals surface area (Å²) in [7, 11) is 1.59. The van der Waals surface area contributed by atoms with Crippen LogP contribution in [0.4, 0.5) is 0 Å². The minimum absolute atomic E-state index is 0.127. The number of hydrogen-bond donors (Lipinski definition) is 2. The van der Waals surface area contributed by atoms with E-state index in [1.165, 1.54) is 0 Å². The first-order valence-electron chi connectivity index (χ1n) is 7.79. The first kappa shape index (κ1) is 15.9. The summed E-state index contributed by atoms with van der Waals surface area (Å²) in [6.45, 7) is 1.04. The highest BCUT2D eigenvalue weighted by atomic mass is 16.5. The fraction of sp³-hybridized carbons (Fsp3) is 0.222. The van der Waals surface area contributed by atoms with Crippen molar-refractivity contribution >= 4 is 16.9 Å². The second-order valence-electron chi connectivity index (χ2n) is 5.44. The van der Waals surface area contributed by atoms with Gasteiger partial charge in [-0.25, -0.2) is 4.79 Å². The molecule has 2 aromatic carbocycles. The van der Waals surface area contributed by atoms with E-state index in [0.717, 1.165) is 11.0 Å². The first-order valence-corrected chi connectivity index (χ1v) is 7.79. The van der Waals surface area contributed by atoms with Crippen LogP contribution in [0, 0.1) is 0 Å². The van der Waals surface area contributed by atoms with Gasteiger partial charge in [0.15, 0.2) is 0 Å². The van der Waals surface area contributed by atoms with Crippen LogP contribution >= 0.6 is 0 Å². The molecule has 0 aliphatic heterocycles. The zero-order valence-electron chi connectivity index (χ0n) is 13.4. The zero-order valence-corrected chi connectivity index (χ0v) is 13.4. The van der Waals surface area contributed by atoms with Crippen molar-refractivity contribution in [2.24, 2.45) is 0 Å². The highest BCUT2D eigenvalue weighted by Gasteiger charge is 2.07. The molecule has 0 radical (unpaired) electrons. The molecule has 0 bridgehead atoms. The van der Waals surface area contributed by atoms with Crippen LogP contribution < -0.4 is 15.7 Å².